The van der Waals surface area contributed by atoms with Crippen molar-refractivity contribution in [2.75, 3.05) is 52.1 Å². The number of nitrogens with zero attached hydrogens (tertiary/aromatic N) is 2. The van der Waals surface area contributed by atoms with Gasteiger partial charge in [-0.05, 0) is 42.0 Å². The fourth-order valence-electron chi connectivity index (χ4n) is 4.79. The van der Waals surface area contributed by atoms with E-state index in [1.807, 2.05) is 24.3 Å². The van der Waals surface area contributed by atoms with Crippen LogP contribution < -0.4 is 24.5 Å². The first-order chi connectivity index (χ1) is 18.4. The minimum atomic E-state index is -0.753. The number of ether oxygens (including phenoxy) is 4. The number of fused-ring (bicyclic) bond motifs is 1. The second-order valence-electron chi connectivity index (χ2n) is 9.20. The van der Waals surface area contributed by atoms with Gasteiger partial charge in [-0.1, -0.05) is 6.07 Å². The zero-order valence-electron chi connectivity index (χ0n) is 21.3. The monoisotopic (exact) mass is 522 g/mol. The predicted octanol–water partition coefficient (Wildman–Crippen LogP) is 3.10. The van der Waals surface area contributed by atoms with Crippen molar-refractivity contribution in [3.05, 3.63) is 75.8 Å². The average Bonchev–Trinajstić information content (AvgIpc) is 3.42. The number of esters is 1. The van der Waals surface area contributed by atoms with E-state index >= 15 is 0 Å². The number of rotatable bonds is 8. The Morgan fingerprint density at radius 2 is 1.74 bits per heavy atom. The van der Waals surface area contributed by atoms with Gasteiger partial charge in [-0.15, -0.1) is 0 Å². The van der Waals surface area contributed by atoms with Gasteiger partial charge in [0.05, 0.1) is 33.1 Å². The van der Waals surface area contributed by atoms with Crippen molar-refractivity contribution in [1.82, 2.24) is 4.90 Å². The van der Waals surface area contributed by atoms with Gasteiger partial charge in [0.15, 0.2) is 17.3 Å². The molecule has 1 saturated heterocycles. The average molecular weight is 523 g/mol. The van der Waals surface area contributed by atoms with E-state index in [4.69, 9.17) is 23.4 Å². The van der Waals surface area contributed by atoms with Crippen LogP contribution in [0.15, 0.2) is 57.7 Å². The van der Waals surface area contributed by atoms with Crippen LogP contribution in [0.4, 0.5) is 5.69 Å². The van der Waals surface area contributed by atoms with Gasteiger partial charge in [0.2, 0.25) is 18.0 Å². The molecule has 200 valence electrons. The van der Waals surface area contributed by atoms with Crippen molar-refractivity contribution in [2.45, 2.75) is 18.9 Å². The summed E-state index contributed by atoms with van der Waals surface area (Å²) in [5.41, 5.74) is 1.19. The minimum absolute atomic E-state index is 0.0219. The molecular formula is C28H30N2O8. The topological polar surface area (TPSA) is 111 Å². The molecular weight excluding hydrogens is 492 g/mol. The first kappa shape index (κ1) is 25.5. The van der Waals surface area contributed by atoms with Crippen LogP contribution in [0.2, 0.25) is 0 Å². The fourth-order valence-corrected chi connectivity index (χ4v) is 4.79. The lowest BCUT2D eigenvalue weighted by Gasteiger charge is -2.36. The van der Waals surface area contributed by atoms with Gasteiger partial charge in [0.25, 0.3) is 0 Å². The van der Waals surface area contributed by atoms with E-state index in [0.717, 1.165) is 37.6 Å². The first-order valence-electron chi connectivity index (χ1n) is 12.4. The zero-order chi connectivity index (χ0) is 26.6. The van der Waals surface area contributed by atoms with E-state index in [1.54, 1.807) is 25.3 Å². The van der Waals surface area contributed by atoms with Gasteiger partial charge in [0.1, 0.15) is 11.5 Å². The van der Waals surface area contributed by atoms with E-state index in [1.165, 1.54) is 13.2 Å². The Hall–Kier alpha value is -4.18. The highest BCUT2D eigenvalue weighted by Gasteiger charge is 2.29. The maximum Gasteiger partial charge on any atom is 0.306 e. The second-order valence-corrected chi connectivity index (χ2v) is 9.20. The van der Waals surface area contributed by atoms with Crippen molar-refractivity contribution in [2.24, 2.45) is 0 Å². The Kier molecular flexibility index (Phi) is 7.41. The van der Waals surface area contributed by atoms with E-state index in [9.17, 15) is 14.7 Å². The summed E-state index contributed by atoms with van der Waals surface area (Å²) in [6, 6.07) is 14.5. The molecule has 5 rings (SSSR count). The molecule has 0 spiro atoms. The van der Waals surface area contributed by atoms with Crippen molar-refractivity contribution in [1.29, 1.82) is 0 Å². The highest BCUT2D eigenvalue weighted by atomic mass is 16.7. The lowest BCUT2D eigenvalue weighted by Crippen LogP contribution is -2.46. The standard InChI is InChI=1S/C28H30N2O8/c1-34-20-6-4-19(5-7-20)30-11-9-29(10-12-30)16-21-14-23(31)27(33)28(38-21)22(15-26(32)35-2)18-3-8-24-25(13-18)37-17-36-24/h3-8,13-14,22,33H,9-12,15-17H2,1-2H3/t22-/m0/s1. The number of carbonyl (C=O) groups excluding carboxylic acids is 1. The Labute approximate surface area is 219 Å². The van der Waals surface area contributed by atoms with Crippen LogP contribution in [0.1, 0.15) is 29.4 Å². The molecule has 0 aliphatic carbocycles. The van der Waals surface area contributed by atoms with Gasteiger partial charge < -0.3 is 33.4 Å². The van der Waals surface area contributed by atoms with E-state index in [0.29, 0.717) is 29.4 Å². The molecule has 0 bridgehead atoms. The van der Waals surface area contributed by atoms with Crippen molar-refractivity contribution < 1.29 is 33.3 Å². The summed E-state index contributed by atoms with van der Waals surface area (Å²) in [7, 11) is 2.94. The number of methoxy groups -OCH3 is 2. The number of hydrogen-bond acceptors (Lipinski definition) is 10. The summed E-state index contributed by atoms with van der Waals surface area (Å²) in [6.45, 7) is 3.64. The van der Waals surface area contributed by atoms with Crippen LogP contribution >= 0.6 is 0 Å². The molecule has 2 aliphatic rings. The van der Waals surface area contributed by atoms with Gasteiger partial charge in [-0.2, -0.15) is 0 Å². The third-order valence-electron chi connectivity index (χ3n) is 6.90. The SMILES string of the molecule is COC(=O)C[C@@H](c1ccc2c(c1)OCO2)c1oc(CN2CCN(c3ccc(OC)cc3)CC2)cc(=O)c1O. The number of piperazine rings is 1. The summed E-state index contributed by atoms with van der Waals surface area (Å²) in [5, 5.41) is 10.7. The molecule has 1 N–H and O–H groups in total. The zero-order valence-corrected chi connectivity index (χ0v) is 21.3. The second kappa shape index (κ2) is 11.1. The Morgan fingerprint density at radius 1 is 1.00 bits per heavy atom. The molecule has 1 aromatic heterocycles. The van der Waals surface area contributed by atoms with Crippen LogP contribution in [0.5, 0.6) is 23.0 Å². The predicted molar refractivity (Wildman–Crippen MR) is 138 cm³/mol. The van der Waals surface area contributed by atoms with E-state index in [2.05, 4.69) is 9.80 Å². The van der Waals surface area contributed by atoms with Crippen LogP contribution in [0, 0.1) is 0 Å². The molecule has 38 heavy (non-hydrogen) atoms. The van der Waals surface area contributed by atoms with Crippen LogP contribution in [0.25, 0.3) is 0 Å². The molecule has 0 unspecified atom stereocenters. The third-order valence-corrected chi connectivity index (χ3v) is 6.90. The van der Waals surface area contributed by atoms with E-state index < -0.39 is 23.1 Å². The van der Waals surface area contributed by atoms with Crippen LogP contribution in [0.3, 0.4) is 0 Å². The molecule has 2 aliphatic heterocycles. The fraction of sp³-hybridized carbons (Fsp3) is 0.357. The van der Waals surface area contributed by atoms with Crippen LogP contribution in [-0.2, 0) is 16.1 Å². The largest absolute Gasteiger partial charge is 0.502 e. The normalized spacial score (nSPS) is 15.8. The van der Waals surface area contributed by atoms with Crippen molar-refractivity contribution in [3.8, 4) is 23.0 Å². The quantitative estimate of drug-likeness (QED) is 0.443. The summed E-state index contributed by atoms with van der Waals surface area (Å²) in [5.74, 6) is 0.571. The number of benzene rings is 2. The minimum Gasteiger partial charge on any atom is -0.502 e. The highest BCUT2D eigenvalue weighted by Crippen LogP contribution is 2.39. The summed E-state index contributed by atoms with van der Waals surface area (Å²) < 4.78 is 27.1. The molecule has 10 nitrogen and oxygen atoms in total. The van der Waals surface area contributed by atoms with Gasteiger partial charge >= 0.3 is 5.97 Å². The molecule has 1 atom stereocenters. The first-order valence-corrected chi connectivity index (χ1v) is 12.4. The molecule has 2 aromatic carbocycles. The molecule has 0 amide bonds. The Bertz CT molecular complexity index is 1350. The molecule has 0 radical (unpaired) electrons. The summed E-state index contributed by atoms with van der Waals surface area (Å²) in [6.07, 6.45) is -0.128. The van der Waals surface area contributed by atoms with Crippen LogP contribution in [-0.4, -0.2) is 63.2 Å². The Morgan fingerprint density at radius 3 is 2.45 bits per heavy atom. The Balaban J connectivity index is 1.35. The lowest BCUT2D eigenvalue weighted by molar-refractivity contribution is -0.140. The van der Waals surface area contributed by atoms with E-state index in [-0.39, 0.29) is 19.0 Å². The molecule has 1 fully saturated rings. The third kappa shape index (κ3) is 5.40. The van der Waals surface area contributed by atoms with Crippen molar-refractivity contribution >= 4 is 11.7 Å². The van der Waals surface area contributed by atoms with Gasteiger partial charge in [-0.25, -0.2) is 0 Å². The number of anilines is 1. The molecule has 10 heteroatoms. The number of aromatic hydroxyl groups is 1. The van der Waals surface area contributed by atoms with Gasteiger partial charge in [0, 0.05) is 37.9 Å². The maximum atomic E-state index is 12.8. The molecule has 3 aromatic rings. The summed E-state index contributed by atoms with van der Waals surface area (Å²) >= 11 is 0. The lowest BCUT2D eigenvalue weighted by atomic mass is 9.92. The maximum absolute atomic E-state index is 12.8. The summed E-state index contributed by atoms with van der Waals surface area (Å²) in [4.78, 5) is 29.5. The number of hydrogen-bond donors (Lipinski definition) is 1. The van der Waals surface area contributed by atoms with Gasteiger partial charge in [-0.3, -0.25) is 14.5 Å². The smallest absolute Gasteiger partial charge is 0.306 e. The number of carbonyl (C=O) groups is 1. The molecule has 0 saturated carbocycles. The van der Waals surface area contributed by atoms with Crippen molar-refractivity contribution in [3.63, 3.8) is 0 Å². The highest BCUT2D eigenvalue weighted by molar-refractivity contribution is 5.71. The molecule has 3 heterocycles.